The Kier molecular flexibility index (Phi) is 5.45. The van der Waals surface area contributed by atoms with Crippen molar-refractivity contribution >= 4 is 6.01 Å². The molecule has 2 rings (SSSR count). The molecule has 0 amide bonds. The maximum absolute atomic E-state index is 5.47. The number of hydrogen-bond acceptors (Lipinski definition) is 7. The van der Waals surface area contributed by atoms with Crippen molar-refractivity contribution in [2.45, 2.75) is 20.0 Å². The van der Waals surface area contributed by atoms with Crippen LogP contribution in [-0.4, -0.2) is 35.4 Å². The molecule has 7 nitrogen and oxygen atoms in total. The molecule has 2 aromatic heterocycles. The van der Waals surface area contributed by atoms with Gasteiger partial charge in [-0.25, -0.2) is 0 Å². The maximum atomic E-state index is 5.47. The molecule has 0 aliphatic carbocycles. The van der Waals surface area contributed by atoms with Gasteiger partial charge in [-0.15, -0.1) is 5.10 Å². The van der Waals surface area contributed by atoms with Crippen LogP contribution in [0.1, 0.15) is 17.0 Å². The summed E-state index contributed by atoms with van der Waals surface area (Å²) in [6, 6.07) is 2.39. The standard InChI is InChI=1S/C13H19N5O2/c1-10-7-14-4-3-11(10)8-16-13-18-17-12(20-13)9-15-5-6-19-2/h3-4,7,15H,5-6,8-9H2,1-2H3,(H,16,18). The first kappa shape index (κ1) is 14.4. The van der Waals surface area contributed by atoms with E-state index in [2.05, 4.69) is 25.8 Å². The summed E-state index contributed by atoms with van der Waals surface area (Å²) in [7, 11) is 1.66. The van der Waals surface area contributed by atoms with E-state index < -0.39 is 0 Å². The molecule has 0 bridgehead atoms. The minimum atomic E-state index is 0.421. The van der Waals surface area contributed by atoms with Gasteiger partial charge in [0.15, 0.2) is 0 Å². The second kappa shape index (κ2) is 7.56. The minimum Gasteiger partial charge on any atom is -0.407 e. The van der Waals surface area contributed by atoms with Crippen molar-refractivity contribution in [2.75, 3.05) is 25.6 Å². The van der Waals surface area contributed by atoms with Gasteiger partial charge in [-0.1, -0.05) is 5.10 Å². The van der Waals surface area contributed by atoms with Gasteiger partial charge in [-0.05, 0) is 24.1 Å². The fraction of sp³-hybridized carbons (Fsp3) is 0.462. The van der Waals surface area contributed by atoms with E-state index in [1.54, 1.807) is 13.3 Å². The largest absolute Gasteiger partial charge is 0.407 e. The van der Waals surface area contributed by atoms with E-state index in [1.165, 1.54) is 0 Å². The number of anilines is 1. The normalized spacial score (nSPS) is 10.7. The van der Waals surface area contributed by atoms with Gasteiger partial charge in [0, 0.05) is 32.6 Å². The van der Waals surface area contributed by atoms with Gasteiger partial charge >= 0.3 is 6.01 Å². The summed E-state index contributed by atoms with van der Waals surface area (Å²) in [4.78, 5) is 4.06. The summed E-state index contributed by atoms with van der Waals surface area (Å²) >= 11 is 0. The first-order valence-electron chi connectivity index (χ1n) is 6.45. The van der Waals surface area contributed by atoms with Crippen molar-refractivity contribution in [1.82, 2.24) is 20.5 Å². The number of methoxy groups -OCH3 is 1. The zero-order valence-electron chi connectivity index (χ0n) is 11.7. The average molecular weight is 277 g/mol. The molecule has 7 heteroatoms. The topological polar surface area (TPSA) is 85.1 Å². The molecule has 2 N–H and O–H groups in total. The lowest BCUT2D eigenvalue weighted by Gasteiger charge is -2.04. The van der Waals surface area contributed by atoms with Crippen LogP contribution in [0.3, 0.4) is 0 Å². The Morgan fingerprint density at radius 2 is 2.20 bits per heavy atom. The average Bonchev–Trinajstić information content (AvgIpc) is 2.91. The van der Waals surface area contributed by atoms with Crippen LogP contribution in [0.2, 0.25) is 0 Å². The zero-order valence-corrected chi connectivity index (χ0v) is 11.7. The Morgan fingerprint density at radius 3 is 3.00 bits per heavy atom. The molecule has 0 unspecified atom stereocenters. The third kappa shape index (κ3) is 4.29. The molecule has 20 heavy (non-hydrogen) atoms. The van der Waals surface area contributed by atoms with E-state index in [0.29, 0.717) is 31.6 Å². The number of hydrogen-bond donors (Lipinski definition) is 2. The number of pyridine rings is 1. The van der Waals surface area contributed by atoms with Crippen LogP contribution >= 0.6 is 0 Å². The molecule has 108 valence electrons. The Hall–Kier alpha value is -1.99. The first-order valence-corrected chi connectivity index (χ1v) is 6.45. The van der Waals surface area contributed by atoms with E-state index in [1.807, 2.05) is 19.2 Å². The summed E-state index contributed by atoms with van der Waals surface area (Å²) in [5.74, 6) is 0.551. The van der Waals surface area contributed by atoms with E-state index >= 15 is 0 Å². The van der Waals surface area contributed by atoms with Crippen molar-refractivity contribution in [2.24, 2.45) is 0 Å². The highest BCUT2D eigenvalue weighted by Gasteiger charge is 2.05. The van der Waals surface area contributed by atoms with Crippen molar-refractivity contribution in [3.05, 3.63) is 35.5 Å². The molecule has 0 aliphatic rings. The Morgan fingerprint density at radius 1 is 1.30 bits per heavy atom. The second-order valence-corrected chi connectivity index (χ2v) is 4.33. The molecule has 0 fully saturated rings. The first-order chi connectivity index (χ1) is 9.79. The molecule has 0 saturated heterocycles. The lowest BCUT2D eigenvalue weighted by atomic mass is 10.2. The van der Waals surface area contributed by atoms with Crippen LogP contribution < -0.4 is 10.6 Å². The van der Waals surface area contributed by atoms with Crippen LogP contribution in [0, 0.1) is 6.92 Å². The minimum absolute atomic E-state index is 0.421. The molecule has 0 saturated carbocycles. The van der Waals surface area contributed by atoms with Gasteiger partial charge in [-0.2, -0.15) is 0 Å². The van der Waals surface area contributed by atoms with Gasteiger partial charge < -0.3 is 19.8 Å². The van der Waals surface area contributed by atoms with Crippen LogP contribution in [0.25, 0.3) is 0 Å². The van der Waals surface area contributed by atoms with Gasteiger partial charge in [0.2, 0.25) is 5.89 Å². The van der Waals surface area contributed by atoms with E-state index in [0.717, 1.165) is 17.7 Å². The Balaban J connectivity index is 1.79. The summed E-state index contributed by atoms with van der Waals surface area (Å²) in [6.45, 7) is 4.58. The Bertz CT molecular complexity index is 529. The third-order valence-electron chi connectivity index (χ3n) is 2.79. The van der Waals surface area contributed by atoms with Crippen LogP contribution in [-0.2, 0) is 17.8 Å². The second-order valence-electron chi connectivity index (χ2n) is 4.33. The fourth-order valence-electron chi connectivity index (χ4n) is 1.64. The number of rotatable bonds is 8. The molecule has 2 aromatic rings. The molecular weight excluding hydrogens is 258 g/mol. The highest BCUT2D eigenvalue weighted by Crippen LogP contribution is 2.10. The van der Waals surface area contributed by atoms with Crippen LogP contribution in [0.15, 0.2) is 22.9 Å². The van der Waals surface area contributed by atoms with Gasteiger partial charge in [0.05, 0.1) is 13.2 Å². The van der Waals surface area contributed by atoms with Crippen molar-refractivity contribution in [3.63, 3.8) is 0 Å². The fourth-order valence-corrected chi connectivity index (χ4v) is 1.64. The zero-order chi connectivity index (χ0) is 14.2. The smallest absolute Gasteiger partial charge is 0.315 e. The summed E-state index contributed by atoms with van der Waals surface area (Å²) < 4.78 is 10.4. The predicted molar refractivity (Wildman–Crippen MR) is 74.2 cm³/mol. The molecule has 0 aliphatic heterocycles. The van der Waals surface area contributed by atoms with Crippen molar-refractivity contribution < 1.29 is 9.15 Å². The molecule has 0 radical (unpaired) electrons. The lowest BCUT2D eigenvalue weighted by Crippen LogP contribution is -2.18. The SMILES string of the molecule is COCCNCc1nnc(NCc2ccncc2C)o1. The van der Waals surface area contributed by atoms with E-state index in [-0.39, 0.29) is 0 Å². The van der Waals surface area contributed by atoms with Crippen LogP contribution in [0.4, 0.5) is 6.01 Å². The summed E-state index contributed by atoms with van der Waals surface area (Å²) in [6.07, 6.45) is 3.60. The molecule has 2 heterocycles. The summed E-state index contributed by atoms with van der Waals surface area (Å²) in [5.41, 5.74) is 2.28. The van der Waals surface area contributed by atoms with Crippen LogP contribution in [0.5, 0.6) is 0 Å². The monoisotopic (exact) mass is 277 g/mol. The van der Waals surface area contributed by atoms with E-state index in [4.69, 9.17) is 9.15 Å². The quantitative estimate of drug-likeness (QED) is 0.699. The van der Waals surface area contributed by atoms with Crippen molar-refractivity contribution in [3.8, 4) is 0 Å². The number of nitrogens with one attached hydrogen (secondary N) is 2. The van der Waals surface area contributed by atoms with Gasteiger partial charge in [0.25, 0.3) is 0 Å². The molecule has 0 aromatic carbocycles. The van der Waals surface area contributed by atoms with E-state index in [9.17, 15) is 0 Å². The number of aryl methyl sites for hydroxylation is 1. The number of nitrogens with zero attached hydrogens (tertiary/aromatic N) is 3. The predicted octanol–water partition coefficient (Wildman–Crippen LogP) is 1.12. The van der Waals surface area contributed by atoms with Gasteiger partial charge in [0.1, 0.15) is 0 Å². The third-order valence-corrected chi connectivity index (χ3v) is 2.79. The highest BCUT2D eigenvalue weighted by atomic mass is 16.5. The Labute approximate surface area is 117 Å². The van der Waals surface area contributed by atoms with Gasteiger partial charge in [-0.3, -0.25) is 4.98 Å². The number of aromatic nitrogens is 3. The summed E-state index contributed by atoms with van der Waals surface area (Å²) in [5, 5.41) is 14.1. The molecule has 0 atom stereocenters. The maximum Gasteiger partial charge on any atom is 0.315 e. The molecular formula is C13H19N5O2. The highest BCUT2D eigenvalue weighted by molar-refractivity contribution is 5.27. The number of ether oxygens (including phenoxy) is 1. The lowest BCUT2D eigenvalue weighted by molar-refractivity contribution is 0.198. The van der Waals surface area contributed by atoms with Crippen molar-refractivity contribution in [1.29, 1.82) is 0 Å². The molecule has 0 spiro atoms.